The largest absolute Gasteiger partial charge is 0.459 e. The third-order valence-corrected chi connectivity index (χ3v) is 10.4. The summed E-state index contributed by atoms with van der Waals surface area (Å²) in [7, 11) is -1.97. The summed E-state index contributed by atoms with van der Waals surface area (Å²) >= 11 is 1.25. The summed E-state index contributed by atoms with van der Waals surface area (Å²) in [5.74, 6) is -0.483. The van der Waals surface area contributed by atoms with E-state index in [4.69, 9.17) is 4.74 Å². The standard InChI is InChI=1S/C18H32N2O3SSi/c1-16(2,3)23-15(22)18(7,8)12-11-19-14(24-12)13(21)20-25(9,10)17(4,5)6/h11H,1-10H3,(H,20,21). The van der Waals surface area contributed by atoms with Crippen molar-refractivity contribution in [1.29, 1.82) is 0 Å². The van der Waals surface area contributed by atoms with E-state index in [0.29, 0.717) is 5.01 Å². The van der Waals surface area contributed by atoms with E-state index >= 15 is 0 Å². The van der Waals surface area contributed by atoms with Gasteiger partial charge in [-0.15, -0.1) is 11.3 Å². The molecule has 1 aromatic rings. The van der Waals surface area contributed by atoms with Crippen LogP contribution in [-0.2, 0) is 14.9 Å². The Morgan fingerprint density at radius 1 is 1.08 bits per heavy atom. The van der Waals surface area contributed by atoms with Crippen molar-refractivity contribution in [1.82, 2.24) is 9.97 Å². The van der Waals surface area contributed by atoms with Gasteiger partial charge in [-0.1, -0.05) is 33.9 Å². The molecule has 1 amide bonds. The van der Waals surface area contributed by atoms with E-state index in [1.165, 1.54) is 11.3 Å². The van der Waals surface area contributed by atoms with Crippen LogP contribution in [0.2, 0.25) is 18.1 Å². The summed E-state index contributed by atoms with van der Waals surface area (Å²) in [6, 6.07) is 0. The van der Waals surface area contributed by atoms with Crippen LogP contribution in [0.3, 0.4) is 0 Å². The molecule has 0 atom stereocenters. The molecule has 0 aromatic carbocycles. The van der Waals surface area contributed by atoms with Crippen LogP contribution in [0, 0.1) is 0 Å². The maximum absolute atomic E-state index is 12.6. The number of aromatic nitrogens is 1. The Bertz CT molecular complexity index is 652. The van der Waals surface area contributed by atoms with Crippen LogP contribution in [-0.4, -0.2) is 30.7 Å². The van der Waals surface area contributed by atoms with Crippen molar-refractivity contribution in [2.24, 2.45) is 0 Å². The van der Waals surface area contributed by atoms with Crippen molar-refractivity contribution in [2.75, 3.05) is 0 Å². The molecule has 0 aliphatic rings. The van der Waals surface area contributed by atoms with Crippen molar-refractivity contribution in [3.05, 3.63) is 16.1 Å². The number of thiazole rings is 1. The van der Waals surface area contributed by atoms with Gasteiger partial charge in [0.25, 0.3) is 5.91 Å². The van der Waals surface area contributed by atoms with Gasteiger partial charge in [-0.25, -0.2) is 4.98 Å². The fourth-order valence-electron chi connectivity index (χ4n) is 1.70. The molecule has 0 saturated heterocycles. The first-order chi connectivity index (χ1) is 11.0. The molecule has 0 bridgehead atoms. The molecule has 5 nitrogen and oxygen atoms in total. The lowest BCUT2D eigenvalue weighted by atomic mass is 9.92. The minimum Gasteiger partial charge on any atom is -0.459 e. The van der Waals surface area contributed by atoms with Crippen molar-refractivity contribution in [3.8, 4) is 0 Å². The van der Waals surface area contributed by atoms with Crippen molar-refractivity contribution >= 4 is 31.4 Å². The molecule has 0 fully saturated rings. The second kappa shape index (κ2) is 6.83. The first kappa shape index (κ1) is 21.8. The van der Waals surface area contributed by atoms with Gasteiger partial charge in [0.2, 0.25) is 0 Å². The lowest BCUT2D eigenvalue weighted by molar-refractivity contribution is -0.160. The zero-order valence-electron chi connectivity index (χ0n) is 17.2. The summed E-state index contributed by atoms with van der Waals surface area (Å²) < 4.78 is 5.50. The number of carbonyl (C=O) groups is 2. The SMILES string of the molecule is CC(C)(C)OC(=O)C(C)(C)c1cnc(C(=O)N[Si](C)(C)C(C)(C)C)s1. The fraction of sp³-hybridized carbons (Fsp3) is 0.722. The zero-order chi connectivity index (χ0) is 19.8. The van der Waals surface area contributed by atoms with Gasteiger partial charge in [-0.05, 0) is 39.7 Å². The highest BCUT2D eigenvalue weighted by Crippen LogP contribution is 2.35. The monoisotopic (exact) mass is 384 g/mol. The molecule has 142 valence electrons. The van der Waals surface area contributed by atoms with Gasteiger partial charge in [-0.2, -0.15) is 0 Å². The van der Waals surface area contributed by atoms with Crippen LogP contribution < -0.4 is 4.98 Å². The minimum absolute atomic E-state index is 0.0402. The normalized spacial score (nSPS) is 13.5. The first-order valence-corrected chi connectivity index (χ1v) is 12.3. The molecule has 0 unspecified atom stereocenters. The third kappa shape index (κ3) is 5.38. The van der Waals surface area contributed by atoms with Gasteiger partial charge >= 0.3 is 5.97 Å². The molecule has 0 saturated carbocycles. The van der Waals surface area contributed by atoms with Gasteiger partial charge in [0, 0.05) is 11.1 Å². The van der Waals surface area contributed by atoms with Gasteiger partial charge in [0.1, 0.15) is 5.60 Å². The molecule has 0 aliphatic carbocycles. The summed E-state index contributed by atoms with van der Waals surface area (Å²) in [5, 5.41) is 0.426. The quantitative estimate of drug-likeness (QED) is 0.613. The van der Waals surface area contributed by atoms with Crippen molar-refractivity contribution < 1.29 is 14.3 Å². The van der Waals surface area contributed by atoms with E-state index < -0.39 is 19.3 Å². The fourth-order valence-corrected chi connectivity index (χ4v) is 3.75. The van der Waals surface area contributed by atoms with E-state index in [1.54, 1.807) is 20.0 Å². The lowest BCUT2D eigenvalue weighted by Gasteiger charge is -2.36. The predicted molar refractivity (Wildman–Crippen MR) is 106 cm³/mol. The van der Waals surface area contributed by atoms with Crippen LogP contribution in [0.25, 0.3) is 0 Å². The Hall–Kier alpha value is -1.21. The number of hydrogen-bond acceptors (Lipinski definition) is 5. The second-order valence-electron chi connectivity index (χ2n) is 9.49. The molecule has 1 N–H and O–H groups in total. The number of carbonyl (C=O) groups excluding carboxylic acids is 2. The maximum atomic E-state index is 12.6. The number of nitrogens with zero attached hydrogens (tertiary/aromatic N) is 1. The van der Waals surface area contributed by atoms with Gasteiger partial charge < -0.3 is 9.72 Å². The number of ether oxygens (including phenoxy) is 1. The van der Waals surface area contributed by atoms with E-state index in [2.05, 4.69) is 43.8 Å². The average molecular weight is 385 g/mol. The van der Waals surface area contributed by atoms with Gasteiger partial charge in [0.15, 0.2) is 13.2 Å². The summed E-state index contributed by atoms with van der Waals surface area (Å²) in [6.45, 7) is 19.8. The Kier molecular flexibility index (Phi) is 5.97. The highest BCUT2D eigenvalue weighted by Gasteiger charge is 2.39. The summed E-state index contributed by atoms with van der Waals surface area (Å²) in [6.07, 6.45) is 1.61. The Labute approximate surface area is 156 Å². The zero-order valence-corrected chi connectivity index (χ0v) is 19.0. The molecule has 0 aliphatic heterocycles. The van der Waals surface area contributed by atoms with Crippen molar-refractivity contribution in [3.63, 3.8) is 0 Å². The molecule has 25 heavy (non-hydrogen) atoms. The number of rotatable bonds is 4. The van der Waals surface area contributed by atoms with Gasteiger partial charge in [0.05, 0.1) is 5.41 Å². The van der Waals surface area contributed by atoms with Crippen molar-refractivity contribution in [2.45, 2.75) is 84.5 Å². The topological polar surface area (TPSA) is 68.3 Å². The predicted octanol–water partition coefficient (Wildman–Crippen LogP) is 4.50. The van der Waals surface area contributed by atoms with Crippen LogP contribution in [0.1, 0.15) is 70.1 Å². The third-order valence-electron chi connectivity index (χ3n) is 4.53. The smallest absolute Gasteiger partial charge is 0.317 e. The summed E-state index contributed by atoms with van der Waals surface area (Å²) in [5.41, 5.74) is -1.40. The molecule has 0 radical (unpaired) electrons. The van der Waals surface area contributed by atoms with Crippen LogP contribution in [0.5, 0.6) is 0 Å². The molecule has 1 aromatic heterocycles. The van der Waals surface area contributed by atoms with Crippen LogP contribution >= 0.6 is 11.3 Å². The highest BCUT2D eigenvalue weighted by molar-refractivity contribution is 7.14. The van der Waals surface area contributed by atoms with E-state index in [9.17, 15) is 9.59 Å². The molecule has 1 rings (SSSR count). The lowest BCUT2D eigenvalue weighted by Crippen LogP contribution is -2.54. The summed E-state index contributed by atoms with van der Waals surface area (Å²) in [4.78, 5) is 33.2. The average Bonchev–Trinajstić information content (AvgIpc) is 2.84. The molecule has 1 heterocycles. The number of amides is 1. The van der Waals surface area contributed by atoms with Gasteiger partial charge in [-0.3, -0.25) is 9.59 Å². The molecular weight excluding hydrogens is 352 g/mol. The highest BCUT2D eigenvalue weighted by atomic mass is 32.1. The molecular formula is C18H32N2O3SSi. The van der Waals surface area contributed by atoms with E-state index in [1.807, 2.05) is 20.8 Å². The van der Waals surface area contributed by atoms with Crippen LogP contribution in [0.15, 0.2) is 6.20 Å². The minimum atomic E-state index is -1.97. The Balaban J connectivity index is 2.99. The van der Waals surface area contributed by atoms with E-state index in [0.717, 1.165) is 4.88 Å². The first-order valence-electron chi connectivity index (χ1n) is 8.50. The maximum Gasteiger partial charge on any atom is 0.317 e. The number of hydrogen-bond donors (Lipinski definition) is 1. The van der Waals surface area contributed by atoms with E-state index in [-0.39, 0.29) is 16.9 Å². The Morgan fingerprint density at radius 2 is 1.60 bits per heavy atom. The number of esters is 1. The second-order valence-corrected chi connectivity index (χ2v) is 15.5. The molecule has 7 heteroatoms. The molecule has 0 spiro atoms. The Morgan fingerprint density at radius 3 is 2.04 bits per heavy atom. The van der Waals surface area contributed by atoms with Crippen LogP contribution in [0.4, 0.5) is 0 Å². The number of nitrogens with one attached hydrogen (secondary N) is 1.